The molecule has 0 spiro atoms. The van der Waals surface area contributed by atoms with Crippen LogP contribution in [0.5, 0.6) is 5.75 Å². The molecule has 1 atom stereocenters. The average Bonchev–Trinajstić information content (AvgIpc) is 2.60. The minimum absolute atomic E-state index is 0.0597. The smallest absolute Gasteiger partial charge is 0.254 e. The molecule has 0 radical (unpaired) electrons. The molecular weight excluding hydrogens is 292 g/mol. The summed E-state index contributed by atoms with van der Waals surface area (Å²) in [7, 11) is 0. The highest BCUT2D eigenvalue weighted by Gasteiger charge is 2.23. The topological polar surface area (TPSA) is 62.7 Å². The molecule has 2 heterocycles. The summed E-state index contributed by atoms with van der Waals surface area (Å²) in [6.45, 7) is 1.50. The standard InChI is InChI=1S/C18H20N2O3/c21-16-6-3-9-20(12-16)18(22)15-5-1-7-17(10-15)23-13-14-4-2-8-19-11-14/h1-2,4-5,7-8,10-11,16,21H,3,6,9,12-13H2. The molecule has 2 aromatic rings. The van der Waals surface area contributed by atoms with E-state index in [1.807, 2.05) is 24.3 Å². The number of likely N-dealkylation sites (tertiary alicyclic amines) is 1. The van der Waals surface area contributed by atoms with Crippen molar-refractivity contribution in [2.75, 3.05) is 13.1 Å². The van der Waals surface area contributed by atoms with Crippen molar-refractivity contribution in [3.8, 4) is 5.75 Å². The van der Waals surface area contributed by atoms with Crippen molar-refractivity contribution in [1.29, 1.82) is 0 Å². The van der Waals surface area contributed by atoms with Crippen molar-refractivity contribution in [2.24, 2.45) is 0 Å². The van der Waals surface area contributed by atoms with Crippen LogP contribution in [0.3, 0.4) is 0 Å². The first-order valence-electron chi connectivity index (χ1n) is 7.81. The second-order valence-corrected chi connectivity index (χ2v) is 5.73. The Hall–Kier alpha value is -2.40. The molecule has 0 aliphatic carbocycles. The van der Waals surface area contributed by atoms with Gasteiger partial charge in [-0.25, -0.2) is 0 Å². The lowest BCUT2D eigenvalue weighted by Gasteiger charge is -2.30. The molecule has 1 aromatic heterocycles. The minimum atomic E-state index is -0.419. The molecule has 3 rings (SSSR count). The van der Waals surface area contributed by atoms with Gasteiger partial charge in [0.2, 0.25) is 0 Å². The number of benzene rings is 1. The average molecular weight is 312 g/mol. The van der Waals surface area contributed by atoms with Crippen LogP contribution in [0.25, 0.3) is 0 Å². The van der Waals surface area contributed by atoms with Crippen LogP contribution in [0.1, 0.15) is 28.8 Å². The lowest BCUT2D eigenvalue weighted by Crippen LogP contribution is -2.42. The lowest BCUT2D eigenvalue weighted by atomic mass is 10.1. The van der Waals surface area contributed by atoms with E-state index in [0.29, 0.717) is 31.0 Å². The summed E-state index contributed by atoms with van der Waals surface area (Å²) in [5.74, 6) is 0.591. The van der Waals surface area contributed by atoms with Gasteiger partial charge >= 0.3 is 0 Å². The van der Waals surface area contributed by atoms with E-state index >= 15 is 0 Å². The number of rotatable bonds is 4. The van der Waals surface area contributed by atoms with E-state index in [-0.39, 0.29) is 5.91 Å². The van der Waals surface area contributed by atoms with Crippen LogP contribution in [-0.2, 0) is 6.61 Å². The van der Waals surface area contributed by atoms with Crippen molar-refractivity contribution in [3.63, 3.8) is 0 Å². The lowest BCUT2D eigenvalue weighted by molar-refractivity contribution is 0.0473. The third-order valence-corrected chi connectivity index (χ3v) is 3.89. The third kappa shape index (κ3) is 4.07. The monoisotopic (exact) mass is 312 g/mol. The Morgan fingerprint density at radius 3 is 3.04 bits per heavy atom. The van der Waals surface area contributed by atoms with Crippen molar-refractivity contribution in [2.45, 2.75) is 25.6 Å². The molecule has 5 heteroatoms. The van der Waals surface area contributed by atoms with Crippen LogP contribution in [0.15, 0.2) is 48.8 Å². The molecule has 23 heavy (non-hydrogen) atoms. The molecule has 1 aliphatic rings. The van der Waals surface area contributed by atoms with Crippen molar-refractivity contribution < 1.29 is 14.6 Å². The largest absolute Gasteiger partial charge is 0.489 e. The number of ether oxygens (including phenoxy) is 1. The van der Waals surface area contributed by atoms with E-state index in [1.165, 1.54) is 0 Å². The van der Waals surface area contributed by atoms with E-state index in [0.717, 1.165) is 18.4 Å². The summed E-state index contributed by atoms with van der Waals surface area (Å²) in [5.41, 5.74) is 1.56. The number of piperidine rings is 1. The van der Waals surface area contributed by atoms with Gasteiger partial charge in [-0.1, -0.05) is 12.1 Å². The number of carbonyl (C=O) groups excluding carboxylic acids is 1. The van der Waals surface area contributed by atoms with Gasteiger partial charge < -0.3 is 14.7 Å². The number of aromatic nitrogens is 1. The number of aliphatic hydroxyl groups excluding tert-OH is 1. The number of carbonyl (C=O) groups is 1. The van der Waals surface area contributed by atoms with Gasteiger partial charge in [0.25, 0.3) is 5.91 Å². The van der Waals surface area contributed by atoms with Gasteiger partial charge in [0, 0.05) is 36.6 Å². The summed E-state index contributed by atoms with van der Waals surface area (Å²) in [4.78, 5) is 18.3. The van der Waals surface area contributed by atoms with Gasteiger partial charge in [0.1, 0.15) is 12.4 Å². The van der Waals surface area contributed by atoms with Crippen molar-refractivity contribution in [1.82, 2.24) is 9.88 Å². The van der Waals surface area contributed by atoms with Crippen LogP contribution in [0.4, 0.5) is 0 Å². The minimum Gasteiger partial charge on any atom is -0.489 e. The highest BCUT2D eigenvalue weighted by molar-refractivity contribution is 5.94. The molecular formula is C18H20N2O3. The van der Waals surface area contributed by atoms with E-state index in [2.05, 4.69) is 4.98 Å². The maximum absolute atomic E-state index is 12.5. The van der Waals surface area contributed by atoms with Gasteiger partial charge in [0.05, 0.1) is 6.10 Å². The fraction of sp³-hybridized carbons (Fsp3) is 0.333. The molecule has 1 N–H and O–H groups in total. The Labute approximate surface area is 135 Å². The zero-order valence-corrected chi connectivity index (χ0v) is 12.9. The van der Waals surface area contributed by atoms with Gasteiger partial charge in [-0.2, -0.15) is 0 Å². The zero-order chi connectivity index (χ0) is 16.1. The summed E-state index contributed by atoms with van der Waals surface area (Å²) in [6.07, 6.45) is 4.65. The number of β-amino-alcohol motifs (C(OH)–C–C–N with tert-alkyl or cyclic N) is 1. The summed E-state index contributed by atoms with van der Waals surface area (Å²) in [6, 6.07) is 11.0. The summed E-state index contributed by atoms with van der Waals surface area (Å²) < 4.78 is 5.73. The predicted octanol–water partition coefficient (Wildman–Crippen LogP) is 2.26. The van der Waals surface area contributed by atoms with E-state index in [1.54, 1.807) is 29.4 Å². The first-order chi connectivity index (χ1) is 11.2. The van der Waals surface area contributed by atoms with Gasteiger partial charge in [-0.05, 0) is 37.1 Å². The van der Waals surface area contributed by atoms with Crippen LogP contribution in [0, 0.1) is 0 Å². The molecule has 1 aliphatic heterocycles. The SMILES string of the molecule is O=C(c1cccc(OCc2cccnc2)c1)N1CCCC(O)C1. The van der Waals surface area contributed by atoms with Crippen LogP contribution in [-0.4, -0.2) is 40.1 Å². The van der Waals surface area contributed by atoms with E-state index < -0.39 is 6.10 Å². The highest BCUT2D eigenvalue weighted by atomic mass is 16.5. The Kier molecular flexibility index (Phi) is 4.88. The molecule has 0 bridgehead atoms. The maximum atomic E-state index is 12.5. The van der Waals surface area contributed by atoms with Crippen molar-refractivity contribution in [3.05, 3.63) is 59.9 Å². The summed E-state index contributed by atoms with van der Waals surface area (Å²) >= 11 is 0. The Morgan fingerprint density at radius 2 is 2.26 bits per heavy atom. The van der Waals surface area contributed by atoms with Gasteiger partial charge in [0.15, 0.2) is 0 Å². The zero-order valence-electron chi connectivity index (χ0n) is 12.9. The fourth-order valence-corrected chi connectivity index (χ4v) is 2.69. The first-order valence-corrected chi connectivity index (χ1v) is 7.81. The molecule has 1 aromatic carbocycles. The molecule has 0 saturated carbocycles. The van der Waals surface area contributed by atoms with Gasteiger partial charge in [-0.3, -0.25) is 9.78 Å². The molecule has 1 amide bonds. The normalized spacial score (nSPS) is 17.8. The molecule has 1 fully saturated rings. The van der Waals surface area contributed by atoms with Gasteiger partial charge in [-0.15, -0.1) is 0 Å². The molecule has 120 valence electrons. The number of hydrogen-bond acceptors (Lipinski definition) is 4. The number of aliphatic hydroxyl groups is 1. The van der Waals surface area contributed by atoms with Crippen LogP contribution < -0.4 is 4.74 Å². The Balaban J connectivity index is 1.66. The number of hydrogen-bond donors (Lipinski definition) is 1. The van der Waals surface area contributed by atoms with E-state index in [4.69, 9.17) is 4.74 Å². The number of nitrogens with zero attached hydrogens (tertiary/aromatic N) is 2. The van der Waals surface area contributed by atoms with Crippen molar-refractivity contribution >= 4 is 5.91 Å². The summed E-state index contributed by atoms with van der Waals surface area (Å²) in [5, 5.41) is 9.72. The quantitative estimate of drug-likeness (QED) is 0.940. The highest BCUT2D eigenvalue weighted by Crippen LogP contribution is 2.18. The maximum Gasteiger partial charge on any atom is 0.254 e. The number of amides is 1. The Bertz CT molecular complexity index is 660. The predicted molar refractivity (Wildman–Crippen MR) is 86.2 cm³/mol. The first kappa shape index (κ1) is 15.5. The van der Waals surface area contributed by atoms with Crippen LogP contribution in [0.2, 0.25) is 0 Å². The second-order valence-electron chi connectivity index (χ2n) is 5.73. The molecule has 1 unspecified atom stereocenters. The molecule has 5 nitrogen and oxygen atoms in total. The Morgan fingerprint density at radius 1 is 1.35 bits per heavy atom. The molecule has 1 saturated heterocycles. The van der Waals surface area contributed by atoms with E-state index in [9.17, 15) is 9.90 Å². The number of pyridine rings is 1. The third-order valence-electron chi connectivity index (χ3n) is 3.89. The van der Waals surface area contributed by atoms with Crippen LogP contribution >= 0.6 is 0 Å². The fourth-order valence-electron chi connectivity index (χ4n) is 2.69. The second kappa shape index (κ2) is 7.24.